The molecule has 27 heavy (non-hydrogen) atoms. The summed E-state index contributed by atoms with van der Waals surface area (Å²) in [5.41, 5.74) is 4.92. The Kier molecular flexibility index (Phi) is 4.38. The standard InChI is InChI=1S/C21H19N3O3/c1-27-18-7-2-14(3-8-18)20-10-5-16(6-11-21(25)26)24(20)17-4-9-19-15(12-17)13-22-23-19/h2-5,7-10,12-13H,6,11H2,1H3,(H,22,23)(H,25,26). The zero-order valence-electron chi connectivity index (χ0n) is 14.8. The second-order valence-corrected chi connectivity index (χ2v) is 6.31. The highest BCUT2D eigenvalue weighted by atomic mass is 16.5. The molecule has 6 nitrogen and oxygen atoms in total. The molecule has 0 amide bonds. The lowest BCUT2D eigenvalue weighted by Crippen LogP contribution is -2.05. The van der Waals surface area contributed by atoms with Crippen molar-refractivity contribution in [2.24, 2.45) is 0 Å². The summed E-state index contributed by atoms with van der Waals surface area (Å²) in [7, 11) is 1.64. The largest absolute Gasteiger partial charge is 0.497 e. The topological polar surface area (TPSA) is 80.1 Å². The zero-order valence-corrected chi connectivity index (χ0v) is 14.8. The van der Waals surface area contributed by atoms with Crippen molar-refractivity contribution >= 4 is 16.9 Å². The molecule has 2 heterocycles. The first kappa shape index (κ1) is 16.9. The van der Waals surface area contributed by atoms with Crippen LogP contribution in [0.5, 0.6) is 5.75 Å². The number of H-pyrrole nitrogens is 1. The van der Waals surface area contributed by atoms with Gasteiger partial charge >= 0.3 is 5.97 Å². The van der Waals surface area contributed by atoms with E-state index in [1.807, 2.05) is 48.5 Å². The van der Waals surface area contributed by atoms with Crippen molar-refractivity contribution in [3.63, 3.8) is 0 Å². The van der Waals surface area contributed by atoms with Gasteiger partial charge in [0.2, 0.25) is 0 Å². The second-order valence-electron chi connectivity index (χ2n) is 6.31. The van der Waals surface area contributed by atoms with Crippen LogP contribution >= 0.6 is 0 Å². The maximum absolute atomic E-state index is 11.1. The van der Waals surface area contributed by atoms with E-state index in [-0.39, 0.29) is 6.42 Å². The van der Waals surface area contributed by atoms with Gasteiger partial charge in [-0.05, 0) is 66.6 Å². The average Bonchev–Trinajstić information content (AvgIpc) is 3.32. The highest BCUT2D eigenvalue weighted by Gasteiger charge is 2.14. The van der Waals surface area contributed by atoms with Crippen LogP contribution in [-0.4, -0.2) is 33.0 Å². The molecule has 136 valence electrons. The zero-order chi connectivity index (χ0) is 18.8. The molecule has 2 aromatic carbocycles. The first-order chi connectivity index (χ1) is 13.2. The molecule has 6 heteroatoms. The molecule has 0 bridgehead atoms. The van der Waals surface area contributed by atoms with Gasteiger partial charge in [0.25, 0.3) is 0 Å². The van der Waals surface area contributed by atoms with Gasteiger partial charge in [0.05, 0.1) is 30.9 Å². The molecule has 0 radical (unpaired) electrons. The number of aryl methyl sites for hydroxylation is 1. The van der Waals surface area contributed by atoms with Crippen molar-refractivity contribution in [1.29, 1.82) is 0 Å². The van der Waals surface area contributed by atoms with Crippen LogP contribution in [-0.2, 0) is 11.2 Å². The second kappa shape index (κ2) is 6.99. The third-order valence-electron chi connectivity index (χ3n) is 4.62. The number of ether oxygens (including phenoxy) is 1. The minimum atomic E-state index is -0.806. The lowest BCUT2D eigenvalue weighted by Gasteiger charge is -2.14. The van der Waals surface area contributed by atoms with Crippen molar-refractivity contribution in [1.82, 2.24) is 14.8 Å². The third-order valence-corrected chi connectivity index (χ3v) is 4.62. The molecule has 0 spiro atoms. The Morgan fingerprint density at radius 2 is 1.96 bits per heavy atom. The van der Waals surface area contributed by atoms with Crippen molar-refractivity contribution in [3.05, 3.63) is 66.5 Å². The van der Waals surface area contributed by atoms with E-state index in [9.17, 15) is 4.79 Å². The monoisotopic (exact) mass is 361 g/mol. The first-order valence-corrected chi connectivity index (χ1v) is 8.66. The van der Waals surface area contributed by atoms with Crippen LogP contribution in [0.15, 0.2) is 60.8 Å². The summed E-state index contributed by atoms with van der Waals surface area (Å²) >= 11 is 0. The van der Waals surface area contributed by atoms with Crippen LogP contribution in [0.1, 0.15) is 12.1 Å². The molecule has 0 unspecified atom stereocenters. The van der Waals surface area contributed by atoms with Crippen molar-refractivity contribution in [2.75, 3.05) is 7.11 Å². The number of carbonyl (C=O) groups is 1. The minimum Gasteiger partial charge on any atom is -0.497 e. The maximum Gasteiger partial charge on any atom is 0.303 e. The van der Waals surface area contributed by atoms with E-state index >= 15 is 0 Å². The van der Waals surface area contributed by atoms with E-state index in [1.54, 1.807) is 13.3 Å². The third kappa shape index (κ3) is 3.29. The molecular formula is C21H19N3O3. The number of aliphatic carboxylic acids is 1. The fourth-order valence-electron chi connectivity index (χ4n) is 3.27. The summed E-state index contributed by atoms with van der Waals surface area (Å²) in [5.74, 6) is -0.0122. The van der Waals surface area contributed by atoms with Gasteiger partial charge in [0, 0.05) is 16.8 Å². The molecule has 2 N–H and O–H groups in total. The highest BCUT2D eigenvalue weighted by Crippen LogP contribution is 2.30. The van der Waals surface area contributed by atoms with Gasteiger partial charge in [0.15, 0.2) is 0 Å². The summed E-state index contributed by atoms with van der Waals surface area (Å²) in [6.45, 7) is 0. The normalized spacial score (nSPS) is 11.0. The smallest absolute Gasteiger partial charge is 0.303 e. The molecule has 0 fully saturated rings. The summed E-state index contributed by atoms with van der Waals surface area (Å²) in [4.78, 5) is 11.1. The Balaban J connectivity index is 1.84. The molecule has 0 atom stereocenters. The quantitative estimate of drug-likeness (QED) is 0.543. The molecular weight excluding hydrogens is 342 g/mol. The fourth-order valence-corrected chi connectivity index (χ4v) is 3.27. The lowest BCUT2D eigenvalue weighted by molar-refractivity contribution is -0.136. The first-order valence-electron chi connectivity index (χ1n) is 8.66. The number of carboxylic acids is 1. The number of hydrogen-bond donors (Lipinski definition) is 2. The van der Waals surface area contributed by atoms with Gasteiger partial charge in [-0.2, -0.15) is 5.10 Å². The van der Waals surface area contributed by atoms with Crippen molar-refractivity contribution in [3.8, 4) is 22.7 Å². The highest BCUT2D eigenvalue weighted by molar-refractivity contribution is 5.81. The summed E-state index contributed by atoms with van der Waals surface area (Å²) in [6.07, 6.45) is 2.32. The number of aromatic amines is 1. The number of hydrogen-bond acceptors (Lipinski definition) is 3. The van der Waals surface area contributed by atoms with E-state index in [2.05, 4.69) is 20.8 Å². The molecule has 0 aliphatic rings. The van der Waals surface area contributed by atoms with E-state index in [4.69, 9.17) is 9.84 Å². The molecule has 2 aromatic heterocycles. The summed E-state index contributed by atoms with van der Waals surface area (Å²) < 4.78 is 7.36. The van der Waals surface area contributed by atoms with Crippen LogP contribution in [0, 0.1) is 0 Å². The molecule has 0 aliphatic heterocycles. The SMILES string of the molecule is COc1ccc(-c2ccc(CCC(=O)O)n2-c2ccc3[nH]ncc3c2)cc1. The number of fused-ring (bicyclic) bond motifs is 1. The Labute approximate surface area is 156 Å². The van der Waals surface area contributed by atoms with E-state index in [0.29, 0.717) is 6.42 Å². The number of carboxylic acid groups (broad SMARTS) is 1. The molecule has 0 aliphatic carbocycles. The predicted octanol–water partition coefficient (Wildman–Crippen LogP) is 4.05. The molecule has 0 saturated heterocycles. The van der Waals surface area contributed by atoms with Crippen LogP contribution in [0.2, 0.25) is 0 Å². The van der Waals surface area contributed by atoms with Crippen LogP contribution in [0.25, 0.3) is 27.8 Å². The summed E-state index contributed by atoms with van der Waals surface area (Å²) in [5, 5.41) is 17.1. The van der Waals surface area contributed by atoms with Crippen molar-refractivity contribution in [2.45, 2.75) is 12.8 Å². The van der Waals surface area contributed by atoms with Crippen LogP contribution in [0.4, 0.5) is 0 Å². The Morgan fingerprint density at radius 1 is 1.15 bits per heavy atom. The lowest BCUT2D eigenvalue weighted by atomic mass is 10.1. The van der Waals surface area contributed by atoms with Crippen LogP contribution < -0.4 is 4.74 Å². The number of methoxy groups -OCH3 is 1. The number of nitrogens with one attached hydrogen (secondary N) is 1. The Morgan fingerprint density at radius 3 is 2.70 bits per heavy atom. The van der Waals surface area contributed by atoms with E-state index < -0.39 is 5.97 Å². The Hall–Kier alpha value is -3.54. The number of nitrogens with zero attached hydrogens (tertiary/aromatic N) is 2. The predicted molar refractivity (Wildman–Crippen MR) is 103 cm³/mol. The molecule has 4 rings (SSSR count). The Bertz CT molecular complexity index is 1090. The molecule has 0 saturated carbocycles. The van der Waals surface area contributed by atoms with Crippen molar-refractivity contribution < 1.29 is 14.6 Å². The average molecular weight is 361 g/mol. The molecule has 4 aromatic rings. The number of rotatable bonds is 6. The van der Waals surface area contributed by atoms with E-state index in [1.165, 1.54) is 0 Å². The van der Waals surface area contributed by atoms with Gasteiger partial charge < -0.3 is 14.4 Å². The number of benzene rings is 2. The van der Waals surface area contributed by atoms with E-state index in [0.717, 1.165) is 39.3 Å². The van der Waals surface area contributed by atoms with Crippen LogP contribution in [0.3, 0.4) is 0 Å². The van der Waals surface area contributed by atoms with Gasteiger partial charge in [-0.15, -0.1) is 0 Å². The van der Waals surface area contributed by atoms with Gasteiger partial charge in [-0.1, -0.05) is 0 Å². The van der Waals surface area contributed by atoms with Gasteiger partial charge in [0.1, 0.15) is 5.75 Å². The van der Waals surface area contributed by atoms with Gasteiger partial charge in [-0.3, -0.25) is 9.89 Å². The maximum atomic E-state index is 11.1. The summed E-state index contributed by atoms with van der Waals surface area (Å²) in [6, 6.07) is 17.9. The number of aromatic nitrogens is 3. The minimum absolute atomic E-state index is 0.0834. The fraction of sp³-hybridized carbons (Fsp3) is 0.143. The van der Waals surface area contributed by atoms with Gasteiger partial charge in [-0.25, -0.2) is 0 Å².